The van der Waals surface area contributed by atoms with Gasteiger partial charge in [-0.15, -0.1) is 0 Å². The first-order valence-electron chi connectivity index (χ1n) is 6.61. The van der Waals surface area contributed by atoms with Crippen molar-refractivity contribution >= 4 is 26.4 Å². The highest BCUT2D eigenvalue weighted by Gasteiger charge is 2.30. The minimum absolute atomic E-state index is 0.237. The van der Waals surface area contributed by atoms with Crippen molar-refractivity contribution in [3.8, 4) is 0 Å². The summed E-state index contributed by atoms with van der Waals surface area (Å²) in [5, 5.41) is 3.76. The molecule has 1 aromatic carbocycles. The summed E-state index contributed by atoms with van der Waals surface area (Å²) >= 11 is 0. The minimum atomic E-state index is -3.20. The van der Waals surface area contributed by atoms with E-state index in [1.807, 2.05) is 0 Å². The van der Waals surface area contributed by atoms with Gasteiger partial charge in [-0.05, 0) is 32.9 Å². The van der Waals surface area contributed by atoms with Gasteiger partial charge in [-0.3, -0.25) is 0 Å². The molecule has 2 rings (SSSR count). The summed E-state index contributed by atoms with van der Waals surface area (Å²) in [5.41, 5.74) is 1.65. The van der Waals surface area contributed by atoms with Gasteiger partial charge in [-0.1, -0.05) is 12.1 Å². The number of para-hydroxylation sites is 1. The Labute approximate surface area is 124 Å². The van der Waals surface area contributed by atoms with Crippen molar-refractivity contribution in [2.45, 2.75) is 25.5 Å². The molecule has 1 N–H and O–H groups in total. The smallest absolute Gasteiger partial charge is 0.154 e. The van der Waals surface area contributed by atoms with Gasteiger partial charge in [0.05, 0.1) is 4.75 Å². The van der Waals surface area contributed by atoms with Crippen molar-refractivity contribution in [2.24, 2.45) is 0 Å². The SMILES string of the molecule is Cc1cc(NCC(C)(C)S(C)(=O)=O)c2cccc(F)c2n1. The lowest BCUT2D eigenvalue weighted by Gasteiger charge is -2.24. The first-order valence-corrected chi connectivity index (χ1v) is 8.50. The second-order valence-corrected chi connectivity index (χ2v) is 8.48. The molecule has 1 aromatic heterocycles. The van der Waals surface area contributed by atoms with Crippen LogP contribution in [0.15, 0.2) is 24.3 Å². The molecule has 0 radical (unpaired) electrons. The van der Waals surface area contributed by atoms with Gasteiger partial charge in [0, 0.05) is 29.6 Å². The molecule has 0 saturated carbocycles. The van der Waals surface area contributed by atoms with E-state index in [1.54, 1.807) is 39.0 Å². The number of nitrogens with one attached hydrogen (secondary N) is 1. The summed E-state index contributed by atoms with van der Waals surface area (Å²) in [6, 6.07) is 6.53. The fraction of sp³-hybridized carbons (Fsp3) is 0.400. The Kier molecular flexibility index (Phi) is 3.93. The maximum atomic E-state index is 13.8. The van der Waals surface area contributed by atoms with Crippen molar-refractivity contribution in [3.63, 3.8) is 0 Å². The molecule has 114 valence electrons. The van der Waals surface area contributed by atoms with Crippen LogP contribution in [0.2, 0.25) is 0 Å². The average molecular weight is 310 g/mol. The molecule has 0 bridgehead atoms. The highest BCUT2D eigenvalue weighted by atomic mass is 32.2. The monoisotopic (exact) mass is 310 g/mol. The highest BCUT2D eigenvalue weighted by molar-refractivity contribution is 7.92. The van der Waals surface area contributed by atoms with Gasteiger partial charge >= 0.3 is 0 Å². The number of nitrogens with zero attached hydrogens (tertiary/aromatic N) is 1. The second-order valence-electron chi connectivity index (χ2n) is 5.83. The van der Waals surface area contributed by atoms with E-state index < -0.39 is 14.6 Å². The molecular weight excluding hydrogens is 291 g/mol. The van der Waals surface area contributed by atoms with Gasteiger partial charge in [-0.25, -0.2) is 17.8 Å². The van der Waals surface area contributed by atoms with Gasteiger partial charge in [0.25, 0.3) is 0 Å². The Morgan fingerprint density at radius 1 is 1.33 bits per heavy atom. The highest BCUT2D eigenvalue weighted by Crippen LogP contribution is 2.26. The quantitative estimate of drug-likeness (QED) is 0.943. The zero-order valence-corrected chi connectivity index (χ0v) is 13.4. The van der Waals surface area contributed by atoms with Crippen LogP contribution in [-0.4, -0.2) is 30.9 Å². The zero-order chi connectivity index (χ0) is 15.8. The number of hydrogen-bond donors (Lipinski definition) is 1. The van der Waals surface area contributed by atoms with Crippen LogP contribution in [0.3, 0.4) is 0 Å². The number of halogens is 1. The summed E-state index contributed by atoms with van der Waals surface area (Å²) in [7, 11) is -3.20. The van der Waals surface area contributed by atoms with Crippen LogP contribution in [-0.2, 0) is 9.84 Å². The van der Waals surface area contributed by atoms with Crippen molar-refractivity contribution in [2.75, 3.05) is 18.1 Å². The van der Waals surface area contributed by atoms with Crippen LogP contribution in [0.5, 0.6) is 0 Å². The van der Waals surface area contributed by atoms with Crippen molar-refractivity contribution in [1.29, 1.82) is 0 Å². The maximum absolute atomic E-state index is 13.8. The fourth-order valence-corrected chi connectivity index (χ4v) is 2.26. The molecule has 0 amide bonds. The van der Waals surface area contributed by atoms with Crippen LogP contribution >= 0.6 is 0 Å². The average Bonchev–Trinajstić information content (AvgIpc) is 2.36. The Balaban J connectivity index is 2.42. The number of anilines is 1. The van der Waals surface area contributed by atoms with Crippen molar-refractivity contribution < 1.29 is 12.8 Å². The lowest BCUT2D eigenvalue weighted by atomic mass is 10.1. The Hall–Kier alpha value is -1.69. The van der Waals surface area contributed by atoms with Gasteiger partial charge in [0.15, 0.2) is 9.84 Å². The number of rotatable bonds is 4. The van der Waals surface area contributed by atoms with Crippen LogP contribution in [0.4, 0.5) is 10.1 Å². The maximum Gasteiger partial charge on any atom is 0.154 e. The summed E-state index contributed by atoms with van der Waals surface area (Å²) < 4.78 is 36.4. The minimum Gasteiger partial charge on any atom is -0.383 e. The van der Waals surface area contributed by atoms with E-state index in [9.17, 15) is 12.8 Å². The zero-order valence-electron chi connectivity index (χ0n) is 12.6. The Morgan fingerprint density at radius 3 is 2.62 bits per heavy atom. The fourth-order valence-electron chi connectivity index (χ4n) is 1.93. The van der Waals surface area contributed by atoms with E-state index in [0.717, 1.165) is 0 Å². The van der Waals surface area contributed by atoms with E-state index in [0.29, 0.717) is 16.8 Å². The van der Waals surface area contributed by atoms with Crippen molar-refractivity contribution in [3.05, 3.63) is 35.8 Å². The first-order chi connectivity index (χ1) is 9.62. The van der Waals surface area contributed by atoms with Gasteiger partial charge in [-0.2, -0.15) is 0 Å². The summed E-state index contributed by atoms with van der Waals surface area (Å²) in [5.74, 6) is -0.387. The van der Waals surface area contributed by atoms with E-state index in [1.165, 1.54) is 12.3 Å². The topological polar surface area (TPSA) is 59.1 Å². The molecule has 0 unspecified atom stereocenters. The largest absolute Gasteiger partial charge is 0.383 e. The van der Waals surface area contributed by atoms with Crippen LogP contribution in [0, 0.1) is 12.7 Å². The molecule has 0 aliphatic carbocycles. The summed E-state index contributed by atoms with van der Waals surface area (Å²) in [4.78, 5) is 4.20. The molecule has 0 atom stereocenters. The molecule has 21 heavy (non-hydrogen) atoms. The molecule has 1 heterocycles. The van der Waals surface area contributed by atoms with Crippen LogP contribution < -0.4 is 5.32 Å². The lowest BCUT2D eigenvalue weighted by Crippen LogP contribution is -2.38. The lowest BCUT2D eigenvalue weighted by molar-refractivity contribution is 0.560. The second kappa shape index (κ2) is 5.26. The number of benzene rings is 1. The number of fused-ring (bicyclic) bond motifs is 1. The number of sulfone groups is 1. The molecule has 4 nitrogen and oxygen atoms in total. The van der Waals surface area contributed by atoms with Gasteiger partial charge < -0.3 is 5.32 Å². The predicted octanol–water partition coefficient (Wildman–Crippen LogP) is 2.92. The number of aryl methyl sites for hydroxylation is 1. The first kappa shape index (κ1) is 15.7. The predicted molar refractivity (Wildman–Crippen MR) is 83.9 cm³/mol. The molecule has 0 aliphatic heterocycles. The number of hydrogen-bond acceptors (Lipinski definition) is 4. The van der Waals surface area contributed by atoms with E-state index >= 15 is 0 Å². The Bertz CT molecular complexity index is 786. The van der Waals surface area contributed by atoms with Gasteiger partial charge in [0.1, 0.15) is 11.3 Å². The standard InChI is InChI=1S/C15H19FN2O2S/c1-10-8-13(17-9-15(2,3)21(4,19)20)11-6-5-7-12(16)14(11)18-10/h5-8H,9H2,1-4H3,(H,17,18). The van der Waals surface area contributed by atoms with Crippen LogP contribution in [0.1, 0.15) is 19.5 Å². The molecule has 2 aromatic rings. The molecule has 0 saturated heterocycles. The summed E-state index contributed by atoms with van der Waals surface area (Å²) in [6.07, 6.45) is 1.21. The molecule has 0 aliphatic rings. The van der Waals surface area contributed by atoms with E-state index in [4.69, 9.17) is 0 Å². The normalized spacial score (nSPS) is 12.6. The van der Waals surface area contributed by atoms with E-state index in [-0.39, 0.29) is 17.9 Å². The third-order valence-corrected chi connectivity index (χ3v) is 5.78. The Morgan fingerprint density at radius 2 is 2.00 bits per heavy atom. The van der Waals surface area contributed by atoms with E-state index in [2.05, 4.69) is 10.3 Å². The molecule has 0 fully saturated rings. The molecule has 6 heteroatoms. The van der Waals surface area contributed by atoms with Crippen LogP contribution in [0.25, 0.3) is 10.9 Å². The summed E-state index contributed by atoms with van der Waals surface area (Å²) in [6.45, 7) is 5.33. The molecular formula is C15H19FN2O2S. The number of pyridine rings is 1. The third kappa shape index (κ3) is 3.15. The van der Waals surface area contributed by atoms with Gasteiger partial charge in [0.2, 0.25) is 0 Å². The molecule has 0 spiro atoms. The van der Waals surface area contributed by atoms with Crippen molar-refractivity contribution in [1.82, 2.24) is 4.98 Å². The third-order valence-electron chi connectivity index (χ3n) is 3.63. The number of aromatic nitrogens is 1.